The van der Waals surface area contributed by atoms with Crippen molar-refractivity contribution in [3.63, 3.8) is 0 Å². The van der Waals surface area contributed by atoms with Crippen molar-refractivity contribution in [1.29, 1.82) is 0 Å². The topological polar surface area (TPSA) is 92.7 Å². The summed E-state index contributed by atoms with van der Waals surface area (Å²) in [4.78, 5) is 11.7. The number of hydrogen-bond donors (Lipinski definition) is 2. The van der Waals surface area contributed by atoms with Crippen LogP contribution < -0.4 is 5.43 Å². The zero-order valence-electron chi connectivity index (χ0n) is 12.2. The van der Waals surface area contributed by atoms with Gasteiger partial charge in [-0.1, -0.05) is 30.3 Å². The fourth-order valence-corrected chi connectivity index (χ4v) is 2.19. The van der Waals surface area contributed by atoms with Gasteiger partial charge in [-0.2, -0.15) is 13.8 Å². The first kappa shape index (κ1) is 17.4. The molecule has 118 valence electrons. The van der Waals surface area contributed by atoms with Crippen LogP contribution in [0.25, 0.3) is 0 Å². The number of rotatable bonds is 7. The van der Waals surface area contributed by atoms with Crippen LogP contribution in [0.3, 0.4) is 0 Å². The van der Waals surface area contributed by atoms with Crippen molar-refractivity contribution in [2.45, 2.75) is 13.0 Å². The molecule has 0 aliphatic carbocycles. The van der Waals surface area contributed by atoms with Gasteiger partial charge in [-0.3, -0.25) is 4.55 Å². The SMILES string of the molecule is C[N+](C)(CCCS(=O)(=O)O)NC(=O)OCc1ccccc1. The summed E-state index contributed by atoms with van der Waals surface area (Å²) < 4.78 is 35.1. The lowest BCUT2D eigenvalue weighted by Gasteiger charge is -2.28. The summed E-state index contributed by atoms with van der Waals surface area (Å²) in [6.45, 7) is 0.512. The number of ether oxygens (including phenoxy) is 1. The number of nitrogens with one attached hydrogen (secondary N) is 1. The minimum atomic E-state index is -3.98. The van der Waals surface area contributed by atoms with E-state index in [-0.39, 0.29) is 23.4 Å². The summed E-state index contributed by atoms with van der Waals surface area (Å²) in [5.41, 5.74) is 3.49. The molecule has 1 aromatic carbocycles. The molecule has 1 aromatic rings. The Morgan fingerprint density at radius 3 is 2.48 bits per heavy atom. The quantitative estimate of drug-likeness (QED) is 0.447. The molecule has 21 heavy (non-hydrogen) atoms. The van der Waals surface area contributed by atoms with E-state index in [0.717, 1.165) is 5.56 Å². The molecule has 1 amide bonds. The minimum absolute atomic E-state index is 0.0587. The fourth-order valence-electron chi connectivity index (χ4n) is 1.70. The smallest absolute Gasteiger partial charge is 0.442 e. The molecule has 7 nitrogen and oxygen atoms in total. The van der Waals surface area contributed by atoms with Gasteiger partial charge in [0, 0.05) is 6.42 Å². The first-order valence-electron chi connectivity index (χ1n) is 6.45. The maximum atomic E-state index is 11.7. The second-order valence-electron chi connectivity index (χ2n) is 5.22. The second-order valence-corrected chi connectivity index (χ2v) is 6.79. The Morgan fingerprint density at radius 2 is 1.90 bits per heavy atom. The van der Waals surface area contributed by atoms with Crippen LogP contribution in [0.2, 0.25) is 0 Å². The highest BCUT2D eigenvalue weighted by Crippen LogP contribution is 2.02. The average molecular weight is 317 g/mol. The minimum Gasteiger partial charge on any atom is -0.442 e. The first-order valence-corrected chi connectivity index (χ1v) is 8.06. The lowest BCUT2D eigenvalue weighted by molar-refractivity contribution is -0.925. The summed E-state index contributed by atoms with van der Waals surface area (Å²) in [7, 11) is -0.571. The van der Waals surface area contributed by atoms with Crippen LogP contribution in [0.4, 0.5) is 4.79 Å². The Hall–Kier alpha value is -1.64. The van der Waals surface area contributed by atoms with Crippen molar-refractivity contribution in [2.75, 3.05) is 26.4 Å². The summed E-state index contributed by atoms with van der Waals surface area (Å²) in [5, 5.41) is 0. The number of carbonyl (C=O) groups is 1. The van der Waals surface area contributed by atoms with Gasteiger partial charge in [-0.15, -0.1) is 0 Å². The maximum Gasteiger partial charge on any atom is 0.452 e. The summed E-state index contributed by atoms with van der Waals surface area (Å²) in [6, 6.07) is 9.27. The molecule has 0 saturated heterocycles. The Morgan fingerprint density at radius 1 is 1.29 bits per heavy atom. The normalized spacial score (nSPS) is 12.0. The van der Waals surface area contributed by atoms with Crippen LogP contribution in [0, 0.1) is 0 Å². The van der Waals surface area contributed by atoms with Crippen molar-refractivity contribution in [2.24, 2.45) is 0 Å². The van der Waals surface area contributed by atoms with Gasteiger partial charge in [0.2, 0.25) is 0 Å². The number of carbonyl (C=O) groups excluding carboxylic acids is 1. The third-order valence-electron chi connectivity index (χ3n) is 2.73. The van der Waals surface area contributed by atoms with Crippen LogP contribution in [0.5, 0.6) is 0 Å². The van der Waals surface area contributed by atoms with E-state index in [1.54, 1.807) is 14.1 Å². The van der Waals surface area contributed by atoms with Crippen LogP contribution in [-0.4, -0.2) is 50.0 Å². The Kier molecular flexibility index (Phi) is 6.13. The van der Waals surface area contributed by atoms with E-state index in [1.807, 2.05) is 30.3 Å². The molecule has 0 bridgehead atoms. The largest absolute Gasteiger partial charge is 0.452 e. The number of amides is 1. The maximum absolute atomic E-state index is 11.7. The molecule has 0 radical (unpaired) electrons. The van der Waals surface area contributed by atoms with Crippen LogP contribution in [0.15, 0.2) is 30.3 Å². The monoisotopic (exact) mass is 317 g/mol. The molecule has 8 heteroatoms. The predicted octanol–water partition coefficient (Wildman–Crippen LogP) is 1.18. The van der Waals surface area contributed by atoms with E-state index < -0.39 is 16.2 Å². The zero-order valence-corrected chi connectivity index (χ0v) is 13.0. The first-order chi connectivity index (χ1) is 9.68. The molecule has 0 aliphatic heterocycles. The average Bonchev–Trinajstić information content (AvgIpc) is 2.35. The van der Waals surface area contributed by atoms with Gasteiger partial charge in [0.15, 0.2) is 0 Å². The van der Waals surface area contributed by atoms with E-state index in [1.165, 1.54) is 0 Å². The van der Waals surface area contributed by atoms with E-state index in [0.29, 0.717) is 6.54 Å². The number of benzene rings is 1. The molecule has 0 fully saturated rings. The van der Waals surface area contributed by atoms with Crippen LogP contribution >= 0.6 is 0 Å². The molecule has 0 saturated carbocycles. The summed E-state index contributed by atoms with van der Waals surface area (Å²) in [5.74, 6) is -0.338. The lowest BCUT2D eigenvalue weighted by atomic mass is 10.2. The van der Waals surface area contributed by atoms with E-state index in [2.05, 4.69) is 5.43 Å². The van der Waals surface area contributed by atoms with E-state index in [9.17, 15) is 13.2 Å². The van der Waals surface area contributed by atoms with Gasteiger partial charge in [-0.05, 0) is 5.56 Å². The zero-order chi connectivity index (χ0) is 15.9. The number of hydrogen-bond acceptors (Lipinski definition) is 4. The lowest BCUT2D eigenvalue weighted by Crippen LogP contribution is -2.55. The molecular weight excluding hydrogens is 296 g/mol. The molecule has 0 aliphatic rings. The highest BCUT2D eigenvalue weighted by atomic mass is 32.2. The van der Waals surface area contributed by atoms with Gasteiger partial charge >= 0.3 is 6.09 Å². The van der Waals surface area contributed by atoms with Crippen molar-refractivity contribution < 1.29 is 27.1 Å². The Bertz CT molecular complexity index is 557. The van der Waals surface area contributed by atoms with Gasteiger partial charge in [0.25, 0.3) is 10.1 Å². The number of nitrogens with zero attached hydrogens (tertiary/aromatic N) is 1. The van der Waals surface area contributed by atoms with Crippen molar-refractivity contribution in [1.82, 2.24) is 5.43 Å². The molecule has 0 atom stereocenters. The molecular formula is C13H21N2O5S+. The fraction of sp³-hybridized carbons (Fsp3) is 0.462. The molecule has 2 N–H and O–H groups in total. The Balaban J connectivity index is 2.35. The third-order valence-corrected chi connectivity index (χ3v) is 3.53. The molecule has 0 heterocycles. The standard InChI is InChI=1S/C13H20N2O5S/c1-15(2,9-6-10-21(17,18)19)14-13(16)20-11-12-7-4-3-5-8-12/h3-5,7-8H,6,9-11H2,1-2H3,(H-,14,16,17,18,19)/p+1. The molecule has 1 rings (SSSR count). The van der Waals surface area contributed by atoms with Crippen molar-refractivity contribution >= 4 is 16.2 Å². The highest BCUT2D eigenvalue weighted by molar-refractivity contribution is 7.85. The molecule has 0 spiro atoms. The Labute approximate surface area is 124 Å². The summed E-state index contributed by atoms with van der Waals surface area (Å²) in [6.07, 6.45) is -0.360. The molecule has 0 aromatic heterocycles. The van der Waals surface area contributed by atoms with E-state index in [4.69, 9.17) is 9.29 Å². The van der Waals surface area contributed by atoms with Gasteiger partial charge in [0.1, 0.15) is 13.2 Å². The molecule has 0 unspecified atom stereocenters. The van der Waals surface area contributed by atoms with Gasteiger partial charge in [0.05, 0.1) is 19.8 Å². The van der Waals surface area contributed by atoms with Crippen LogP contribution in [-0.2, 0) is 21.5 Å². The van der Waals surface area contributed by atoms with E-state index >= 15 is 0 Å². The van der Waals surface area contributed by atoms with Crippen molar-refractivity contribution in [3.8, 4) is 0 Å². The third kappa shape index (κ3) is 8.28. The highest BCUT2D eigenvalue weighted by Gasteiger charge is 2.20. The summed E-state index contributed by atoms with van der Waals surface area (Å²) >= 11 is 0. The predicted molar refractivity (Wildman–Crippen MR) is 77.8 cm³/mol. The second kappa shape index (κ2) is 7.39. The number of quaternary nitrogens is 1. The van der Waals surface area contributed by atoms with Crippen LogP contribution in [0.1, 0.15) is 12.0 Å². The van der Waals surface area contributed by atoms with Gasteiger partial charge in [-0.25, -0.2) is 9.39 Å². The van der Waals surface area contributed by atoms with Crippen molar-refractivity contribution in [3.05, 3.63) is 35.9 Å². The van der Waals surface area contributed by atoms with Gasteiger partial charge < -0.3 is 4.74 Å².